The molecule has 2 amide bonds. The number of carbonyl (C=O) groups excluding carboxylic acids is 1. The number of anilines is 1. The summed E-state index contributed by atoms with van der Waals surface area (Å²) in [4.78, 5) is 22.0. The molecule has 5 nitrogen and oxygen atoms in total. The number of hydrogen-bond donors (Lipinski definition) is 3. The summed E-state index contributed by atoms with van der Waals surface area (Å²) in [6, 6.07) is 5.63. The number of benzene rings is 1. The summed E-state index contributed by atoms with van der Waals surface area (Å²) in [5.74, 6) is -0.773. The molecule has 3 N–H and O–H groups in total. The molecular formula is C15H22N2O3. The van der Waals surface area contributed by atoms with Gasteiger partial charge in [0.15, 0.2) is 0 Å². The van der Waals surface area contributed by atoms with E-state index in [-0.39, 0.29) is 12.5 Å². The van der Waals surface area contributed by atoms with E-state index in [0.717, 1.165) is 29.7 Å². The van der Waals surface area contributed by atoms with Gasteiger partial charge in [0.05, 0.1) is 0 Å². The Morgan fingerprint density at radius 2 is 1.90 bits per heavy atom. The van der Waals surface area contributed by atoms with Crippen LogP contribution in [0.1, 0.15) is 36.8 Å². The standard InChI is InChI=1S/C15H22N2O3/c1-11-7-8-13(12(2)10-11)17-15(20)16-9-5-3-4-6-14(18)19/h7-8,10H,3-6,9H2,1-2H3,(H,18,19)(H2,16,17,20). The number of hydrogen-bond acceptors (Lipinski definition) is 2. The molecule has 110 valence electrons. The lowest BCUT2D eigenvalue weighted by Crippen LogP contribution is -2.29. The van der Waals surface area contributed by atoms with Gasteiger partial charge in [-0.05, 0) is 38.3 Å². The summed E-state index contributed by atoms with van der Waals surface area (Å²) in [6.45, 7) is 4.51. The van der Waals surface area contributed by atoms with Gasteiger partial charge >= 0.3 is 12.0 Å². The van der Waals surface area contributed by atoms with Gasteiger partial charge in [-0.2, -0.15) is 0 Å². The molecule has 1 aromatic rings. The molecule has 0 aliphatic carbocycles. The third-order valence-electron chi connectivity index (χ3n) is 2.98. The SMILES string of the molecule is Cc1ccc(NC(=O)NCCCCCC(=O)O)c(C)c1. The molecule has 0 aromatic heterocycles. The number of aliphatic carboxylic acids is 1. The van der Waals surface area contributed by atoms with Crippen LogP contribution in [0.2, 0.25) is 0 Å². The van der Waals surface area contributed by atoms with Gasteiger partial charge in [-0.3, -0.25) is 4.79 Å². The van der Waals surface area contributed by atoms with Crippen LogP contribution in [0.15, 0.2) is 18.2 Å². The van der Waals surface area contributed by atoms with Crippen LogP contribution in [-0.2, 0) is 4.79 Å². The Hall–Kier alpha value is -2.04. The van der Waals surface area contributed by atoms with Crippen LogP contribution in [0.3, 0.4) is 0 Å². The van der Waals surface area contributed by atoms with Crippen molar-refractivity contribution in [1.29, 1.82) is 0 Å². The van der Waals surface area contributed by atoms with E-state index in [9.17, 15) is 9.59 Å². The van der Waals surface area contributed by atoms with Crippen LogP contribution < -0.4 is 10.6 Å². The van der Waals surface area contributed by atoms with Crippen LogP contribution in [0.4, 0.5) is 10.5 Å². The fraction of sp³-hybridized carbons (Fsp3) is 0.467. The Labute approximate surface area is 119 Å². The lowest BCUT2D eigenvalue weighted by atomic mass is 10.1. The second-order valence-electron chi connectivity index (χ2n) is 4.90. The van der Waals surface area contributed by atoms with Crippen LogP contribution >= 0.6 is 0 Å². The van der Waals surface area contributed by atoms with Crippen molar-refractivity contribution >= 4 is 17.7 Å². The second kappa shape index (κ2) is 8.19. The Bertz CT molecular complexity index is 472. The molecule has 5 heteroatoms. The van der Waals surface area contributed by atoms with Crippen molar-refractivity contribution in [2.75, 3.05) is 11.9 Å². The van der Waals surface area contributed by atoms with E-state index in [0.29, 0.717) is 13.0 Å². The molecule has 0 saturated heterocycles. The summed E-state index contributed by atoms with van der Waals surface area (Å²) >= 11 is 0. The number of unbranched alkanes of at least 4 members (excludes halogenated alkanes) is 2. The molecule has 0 spiro atoms. The average molecular weight is 278 g/mol. The van der Waals surface area contributed by atoms with E-state index >= 15 is 0 Å². The highest BCUT2D eigenvalue weighted by molar-refractivity contribution is 5.90. The van der Waals surface area contributed by atoms with E-state index in [1.54, 1.807) is 0 Å². The van der Waals surface area contributed by atoms with Crippen molar-refractivity contribution in [3.63, 3.8) is 0 Å². The van der Waals surface area contributed by atoms with Crippen molar-refractivity contribution in [3.05, 3.63) is 29.3 Å². The van der Waals surface area contributed by atoms with Crippen molar-refractivity contribution in [2.45, 2.75) is 39.5 Å². The molecule has 0 atom stereocenters. The molecule has 1 aromatic carbocycles. The largest absolute Gasteiger partial charge is 0.481 e. The van der Waals surface area contributed by atoms with Gasteiger partial charge < -0.3 is 15.7 Å². The van der Waals surface area contributed by atoms with Crippen molar-refractivity contribution in [2.24, 2.45) is 0 Å². The monoisotopic (exact) mass is 278 g/mol. The van der Waals surface area contributed by atoms with Crippen LogP contribution in [-0.4, -0.2) is 23.7 Å². The van der Waals surface area contributed by atoms with Crippen LogP contribution in [0.25, 0.3) is 0 Å². The molecule has 1 rings (SSSR count). The summed E-state index contributed by atoms with van der Waals surface area (Å²) in [7, 11) is 0. The Morgan fingerprint density at radius 3 is 2.55 bits per heavy atom. The molecule has 0 aliphatic heterocycles. The van der Waals surface area contributed by atoms with Crippen molar-refractivity contribution in [3.8, 4) is 0 Å². The first kappa shape index (κ1) is 16.0. The number of urea groups is 1. The molecule has 0 unspecified atom stereocenters. The molecule has 0 heterocycles. The predicted molar refractivity (Wildman–Crippen MR) is 79.0 cm³/mol. The lowest BCUT2D eigenvalue weighted by molar-refractivity contribution is -0.137. The lowest BCUT2D eigenvalue weighted by Gasteiger charge is -2.10. The van der Waals surface area contributed by atoms with Gasteiger partial charge in [-0.25, -0.2) is 4.79 Å². The summed E-state index contributed by atoms with van der Waals surface area (Å²) < 4.78 is 0. The number of amides is 2. The molecule has 0 bridgehead atoms. The second-order valence-corrected chi connectivity index (χ2v) is 4.90. The van der Waals surface area contributed by atoms with Gasteiger partial charge in [-0.1, -0.05) is 24.1 Å². The minimum Gasteiger partial charge on any atom is -0.481 e. The summed E-state index contributed by atoms with van der Waals surface area (Å²) in [5, 5.41) is 14.1. The molecule has 20 heavy (non-hydrogen) atoms. The van der Waals surface area contributed by atoms with Crippen LogP contribution in [0.5, 0.6) is 0 Å². The van der Waals surface area contributed by atoms with E-state index < -0.39 is 5.97 Å². The van der Waals surface area contributed by atoms with E-state index in [1.807, 2.05) is 32.0 Å². The minimum atomic E-state index is -0.773. The first-order valence-corrected chi connectivity index (χ1v) is 6.83. The fourth-order valence-corrected chi connectivity index (χ4v) is 1.90. The number of carbonyl (C=O) groups is 2. The van der Waals surface area contributed by atoms with Gasteiger partial charge in [-0.15, -0.1) is 0 Å². The van der Waals surface area contributed by atoms with Gasteiger partial charge in [0.2, 0.25) is 0 Å². The third-order valence-corrected chi connectivity index (χ3v) is 2.98. The molecule has 0 saturated carbocycles. The van der Waals surface area contributed by atoms with E-state index in [4.69, 9.17) is 5.11 Å². The first-order valence-electron chi connectivity index (χ1n) is 6.83. The Balaban J connectivity index is 2.22. The molecule has 0 aliphatic rings. The fourth-order valence-electron chi connectivity index (χ4n) is 1.90. The van der Waals surface area contributed by atoms with Gasteiger partial charge in [0, 0.05) is 18.7 Å². The average Bonchev–Trinajstić information content (AvgIpc) is 2.36. The first-order chi connectivity index (χ1) is 9.49. The predicted octanol–water partition coefficient (Wildman–Crippen LogP) is 3.07. The maximum Gasteiger partial charge on any atom is 0.319 e. The normalized spacial score (nSPS) is 10.1. The van der Waals surface area contributed by atoms with Crippen LogP contribution in [0, 0.1) is 13.8 Å². The van der Waals surface area contributed by atoms with E-state index in [1.165, 1.54) is 0 Å². The highest BCUT2D eigenvalue weighted by Crippen LogP contribution is 2.15. The van der Waals surface area contributed by atoms with E-state index in [2.05, 4.69) is 10.6 Å². The third kappa shape index (κ3) is 6.22. The van der Waals surface area contributed by atoms with Gasteiger partial charge in [0.25, 0.3) is 0 Å². The zero-order valence-electron chi connectivity index (χ0n) is 12.0. The maximum absolute atomic E-state index is 11.7. The van der Waals surface area contributed by atoms with Crippen molar-refractivity contribution < 1.29 is 14.7 Å². The van der Waals surface area contributed by atoms with Crippen molar-refractivity contribution in [1.82, 2.24) is 5.32 Å². The highest BCUT2D eigenvalue weighted by atomic mass is 16.4. The minimum absolute atomic E-state index is 0.189. The number of rotatable bonds is 7. The highest BCUT2D eigenvalue weighted by Gasteiger charge is 2.04. The Morgan fingerprint density at radius 1 is 1.15 bits per heavy atom. The zero-order chi connectivity index (χ0) is 15.0. The maximum atomic E-state index is 11.7. The zero-order valence-corrected chi connectivity index (χ0v) is 12.0. The number of carboxylic acids is 1. The smallest absolute Gasteiger partial charge is 0.319 e. The molecular weight excluding hydrogens is 256 g/mol. The molecule has 0 radical (unpaired) electrons. The quantitative estimate of drug-likeness (QED) is 0.671. The number of carboxylic acid groups (broad SMARTS) is 1. The molecule has 0 fully saturated rings. The topological polar surface area (TPSA) is 78.4 Å². The summed E-state index contributed by atoms with van der Waals surface area (Å²) in [6.07, 6.45) is 2.42. The number of aryl methyl sites for hydroxylation is 2. The Kier molecular flexibility index (Phi) is 6.56. The number of nitrogens with one attached hydrogen (secondary N) is 2. The van der Waals surface area contributed by atoms with Gasteiger partial charge in [0.1, 0.15) is 0 Å². The summed E-state index contributed by atoms with van der Waals surface area (Å²) in [5.41, 5.74) is 2.99.